The van der Waals surface area contributed by atoms with Crippen LogP contribution in [0.15, 0.2) is 24.3 Å². The molecule has 1 aromatic carbocycles. The van der Waals surface area contributed by atoms with E-state index in [1.807, 2.05) is 33.7 Å². The van der Waals surface area contributed by atoms with Gasteiger partial charge in [-0.05, 0) is 38.3 Å². The number of para-hydroxylation sites is 2. The summed E-state index contributed by atoms with van der Waals surface area (Å²) in [6, 6.07) is 8.26. The van der Waals surface area contributed by atoms with Crippen molar-refractivity contribution in [3.63, 3.8) is 0 Å². The molecule has 118 valence electrons. The topological polar surface area (TPSA) is 47.4 Å². The summed E-state index contributed by atoms with van der Waals surface area (Å²) in [6.45, 7) is 3.76. The van der Waals surface area contributed by atoms with Crippen molar-refractivity contribution in [1.82, 2.24) is 14.5 Å². The molecule has 1 saturated heterocycles. The van der Waals surface area contributed by atoms with Crippen LogP contribution in [0.3, 0.4) is 0 Å². The number of rotatable bonds is 4. The molecule has 0 aliphatic carbocycles. The Hall–Kier alpha value is -1.88. The number of carbonyl (C=O) groups excluding carboxylic acids is 1. The number of methoxy groups -OCH3 is 1. The van der Waals surface area contributed by atoms with Crippen molar-refractivity contribution < 1.29 is 9.53 Å². The predicted molar refractivity (Wildman–Crippen MR) is 85.5 cm³/mol. The first-order valence-corrected chi connectivity index (χ1v) is 7.93. The van der Waals surface area contributed by atoms with E-state index >= 15 is 0 Å². The van der Waals surface area contributed by atoms with Gasteiger partial charge in [-0.25, -0.2) is 4.98 Å². The van der Waals surface area contributed by atoms with Crippen LogP contribution in [-0.2, 0) is 22.7 Å². The summed E-state index contributed by atoms with van der Waals surface area (Å²) < 4.78 is 7.23. The molecule has 0 spiro atoms. The third kappa shape index (κ3) is 2.86. The summed E-state index contributed by atoms with van der Waals surface area (Å²) in [5.74, 6) is 0.981. The monoisotopic (exact) mass is 301 g/mol. The quantitative estimate of drug-likeness (QED) is 0.872. The van der Waals surface area contributed by atoms with Crippen LogP contribution < -0.4 is 0 Å². The summed E-state index contributed by atoms with van der Waals surface area (Å²) in [6.07, 6.45) is 3.42. The number of aromatic nitrogens is 2. The number of hydrogen-bond acceptors (Lipinski definition) is 3. The molecule has 1 fully saturated rings. The molecule has 1 unspecified atom stereocenters. The highest BCUT2D eigenvalue weighted by Crippen LogP contribution is 2.20. The maximum atomic E-state index is 12.7. The zero-order valence-electron chi connectivity index (χ0n) is 13.3. The van der Waals surface area contributed by atoms with Crippen LogP contribution in [0, 0.1) is 0 Å². The largest absolute Gasteiger partial charge is 0.377 e. The van der Waals surface area contributed by atoms with Gasteiger partial charge < -0.3 is 14.2 Å². The van der Waals surface area contributed by atoms with E-state index in [9.17, 15) is 4.79 Å². The van der Waals surface area contributed by atoms with Crippen molar-refractivity contribution in [3.8, 4) is 0 Å². The van der Waals surface area contributed by atoms with E-state index in [0.29, 0.717) is 19.2 Å². The molecule has 1 atom stereocenters. The van der Waals surface area contributed by atoms with Crippen molar-refractivity contribution in [2.75, 3.05) is 13.7 Å². The lowest BCUT2D eigenvalue weighted by molar-refractivity contribution is -0.135. The second-order valence-electron chi connectivity index (χ2n) is 5.97. The van der Waals surface area contributed by atoms with E-state index in [1.54, 1.807) is 7.11 Å². The highest BCUT2D eigenvalue weighted by atomic mass is 16.5. The molecule has 22 heavy (non-hydrogen) atoms. The van der Waals surface area contributed by atoms with Gasteiger partial charge >= 0.3 is 0 Å². The smallest absolute Gasteiger partial charge is 0.242 e. The third-order valence-corrected chi connectivity index (χ3v) is 4.42. The molecular formula is C17H23N3O2. The molecule has 0 saturated carbocycles. The fourth-order valence-corrected chi connectivity index (χ4v) is 3.24. The molecule has 5 nitrogen and oxygen atoms in total. The number of piperidine rings is 1. The molecule has 1 aliphatic rings. The standard InChI is InChI=1S/C17H23N3O2/c1-13-7-5-6-10-19(13)17(21)11-20-15-9-4-3-8-14(15)18-16(20)12-22-2/h3-4,8-9,13H,5-7,10-12H2,1-2H3. The number of ether oxygens (including phenoxy) is 1. The van der Waals surface area contributed by atoms with E-state index in [-0.39, 0.29) is 5.91 Å². The second kappa shape index (κ2) is 6.48. The molecule has 0 N–H and O–H groups in total. The van der Waals surface area contributed by atoms with Gasteiger partial charge in [0.15, 0.2) is 0 Å². The Bertz CT molecular complexity index is 665. The summed E-state index contributed by atoms with van der Waals surface area (Å²) in [5.41, 5.74) is 1.90. The minimum Gasteiger partial charge on any atom is -0.377 e. The lowest BCUT2D eigenvalue weighted by atomic mass is 10.0. The summed E-state index contributed by atoms with van der Waals surface area (Å²) in [7, 11) is 1.65. The number of hydrogen-bond donors (Lipinski definition) is 0. The van der Waals surface area contributed by atoms with Crippen molar-refractivity contribution in [2.45, 2.75) is 45.4 Å². The first-order valence-electron chi connectivity index (χ1n) is 7.93. The molecule has 5 heteroatoms. The van der Waals surface area contributed by atoms with E-state index < -0.39 is 0 Å². The molecular weight excluding hydrogens is 278 g/mol. The van der Waals surface area contributed by atoms with Crippen molar-refractivity contribution in [1.29, 1.82) is 0 Å². The van der Waals surface area contributed by atoms with Crippen LogP contribution in [0.2, 0.25) is 0 Å². The molecule has 0 bridgehead atoms. The van der Waals surface area contributed by atoms with Crippen LogP contribution in [0.5, 0.6) is 0 Å². The van der Waals surface area contributed by atoms with E-state index in [2.05, 4.69) is 11.9 Å². The van der Waals surface area contributed by atoms with Gasteiger partial charge in [0.25, 0.3) is 0 Å². The highest BCUT2D eigenvalue weighted by Gasteiger charge is 2.24. The van der Waals surface area contributed by atoms with E-state index in [0.717, 1.165) is 36.2 Å². The number of likely N-dealkylation sites (tertiary alicyclic amines) is 1. The first kappa shape index (κ1) is 15.0. The summed E-state index contributed by atoms with van der Waals surface area (Å²) in [4.78, 5) is 19.3. The van der Waals surface area contributed by atoms with Crippen LogP contribution in [0.1, 0.15) is 32.0 Å². The Labute approximate surface area is 130 Å². The second-order valence-corrected chi connectivity index (χ2v) is 5.97. The van der Waals surface area contributed by atoms with Crippen LogP contribution in [0.25, 0.3) is 11.0 Å². The Morgan fingerprint density at radius 1 is 1.36 bits per heavy atom. The van der Waals surface area contributed by atoms with E-state index in [1.165, 1.54) is 6.42 Å². The van der Waals surface area contributed by atoms with Gasteiger partial charge in [0.2, 0.25) is 5.91 Å². The fraction of sp³-hybridized carbons (Fsp3) is 0.529. The molecule has 3 rings (SSSR count). The molecule has 1 amide bonds. The van der Waals surface area contributed by atoms with Gasteiger partial charge in [0.1, 0.15) is 19.0 Å². The predicted octanol–water partition coefficient (Wildman–Crippen LogP) is 2.58. The molecule has 2 heterocycles. The fourth-order valence-electron chi connectivity index (χ4n) is 3.24. The Morgan fingerprint density at radius 2 is 2.18 bits per heavy atom. The molecule has 0 radical (unpaired) electrons. The molecule has 2 aromatic rings. The Balaban J connectivity index is 1.88. The van der Waals surface area contributed by atoms with Gasteiger partial charge in [-0.15, -0.1) is 0 Å². The SMILES string of the molecule is COCc1nc2ccccc2n1CC(=O)N1CCCCC1C. The molecule has 1 aliphatic heterocycles. The zero-order chi connectivity index (χ0) is 15.5. The zero-order valence-corrected chi connectivity index (χ0v) is 13.3. The summed E-state index contributed by atoms with van der Waals surface area (Å²) >= 11 is 0. The highest BCUT2D eigenvalue weighted by molar-refractivity contribution is 5.81. The van der Waals surface area contributed by atoms with Crippen molar-refractivity contribution in [3.05, 3.63) is 30.1 Å². The average Bonchev–Trinajstić information content (AvgIpc) is 2.86. The maximum absolute atomic E-state index is 12.7. The Kier molecular flexibility index (Phi) is 4.43. The van der Waals surface area contributed by atoms with Crippen LogP contribution >= 0.6 is 0 Å². The van der Waals surface area contributed by atoms with Gasteiger partial charge in [0.05, 0.1) is 11.0 Å². The van der Waals surface area contributed by atoms with Gasteiger partial charge in [-0.2, -0.15) is 0 Å². The van der Waals surface area contributed by atoms with Crippen LogP contribution in [-0.4, -0.2) is 40.1 Å². The normalized spacial score (nSPS) is 18.8. The Morgan fingerprint density at radius 3 is 2.95 bits per heavy atom. The minimum absolute atomic E-state index is 0.174. The number of nitrogens with zero attached hydrogens (tertiary/aromatic N) is 3. The minimum atomic E-state index is 0.174. The lowest BCUT2D eigenvalue weighted by Crippen LogP contribution is -2.43. The van der Waals surface area contributed by atoms with Gasteiger partial charge in [0, 0.05) is 19.7 Å². The molecule has 1 aromatic heterocycles. The van der Waals surface area contributed by atoms with Gasteiger partial charge in [-0.1, -0.05) is 12.1 Å². The van der Waals surface area contributed by atoms with Gasteiger partial charge in [-0.3, -0.25) is 4.79 Å². The average molecular weight is 301 g/mol. The number of carbonyl (C=O) groups is 1. The summed E-state index contributed by atoms with van der Waals surface area (Å²) in [5, 5.41) is 0. The van der Waals surface area contributed by atoms with Crippen molar-refractivity contribution in [2.24, 2.45) is 0 Å². The van der Waals surface area contributed by atoms with Crippen LogP contribution in [0.4, 0.5) is 0 Å². The third-order valence-electron chi connectivity index (χ3n) is 4.42. The van der Waals surface area contributed by atoms with Crippen molar-refractivity contribution >= 4 is 16.9 Å². The maximum Gasteiger partial charge on any atom is 0.242 e. The van der Waals surface area contributed by atoms with E-state index in [4.69, 9.17) is 4.74 Å². The number of imidazole rings is 1. The number of amides is 1. The number of benzene rings is 1. The number of fused-ring (bicyclic) bond motifs is 1. The first-order chi connectivity index (χ1) is 10.7. The lowest BCUT2D eigenvalue weighted by Gasteiger charge is -2.33.